The molecule has 3 nitrogen and oxygen atoms in total. The van der Waals surface area contributed by atoms with E-state index in [-0.39, 0.29) is 12.0 Å². The number of nitrogens with zero attached hydrogens (tertiary/aromatic N) is 2. The van der Waals surface area contributed by atoms with E-state index in [4.69, 9.17) is 5.73 Å². The summed E-state index contributed by atoms with van der Waals surface area (Å²) < 4.78 is 26.2. The Morgan fingerprint density at radius 1 is 1.47 bits per heavy atom. The lowest BCUT2D eigenvalue weighted by Crippen LogP contribution is -2.30. The maximum atomic E-state index is 12.2. The number of aromatic nitrogens is 2. The van der Waals surface area contributed by atoms with E-state index in [9.17, 15) is 8.78 Å². The summed E-state index contributed by atoms with van der Waals surface area (Å²) in [5, 5.41) is 4.12. The largest absolute Gasteiger partial charge is 0.323 e. The summed E-state index contributed by atoms with van der Waals surface area (Å²) in [7, 11) is 0. The highest BCUT2D eigenvalue weighted by molar-refractivity contribution is 5.07. The monoisotopic (exact) mass is 217 g/mol. The molecular weight excluding hydrogens is 200 g/mol. The lowest BCUT2D eigenvalue weighted by Gasteiger charge is -2.18. The summed E-state index contributed by atoms with van der Waals surface area (Å²) in [5.74, 6) is 0. The Labute approximate surface area is 88.3 Å². The molecule has 1 heterocycles. The molecule has 0 aliphatic carbocycles. The van der Waals surface area contributed by atoms with E-state index in [0.29, 0.717) is 0 Å². The smallest absolute Gasteiger partial charge is 0.253 e. The van der Waals surface area contributed by atoms with Gasteiger partial charge in [0.2, 0.25) is 0 Å². The van der Waals surface area contributed by atoms with Crippen LogP contribution in [0.2, 0.25) is 0 Å². The van der Waals surface area contributed by atoms with Gasteiger partial charge in [-0.05, 0) is 32.8 Å². The summed E-state index contributed by atoms with van der Waals surface area (Å²) in [5.41, 5.74) is 5.90. The standard InChI is InChI=1S/C10H17F2N3/c1-10(2,3)15-6-7(5-14-15)4-8(13)9(11)12/h5-6,8-9H,4,13H2,1-3H3. The third kappa shape index (κ3) is 3.27. The second kappa shape index (κ2) is 4.26. The highest BCUT2D eigenvalue weighted by Crippen LogP contribution is 2.14. The molecule has 0 radical (unpaired) electrons. The summed E-state index contributed by atoms with van der Waals surface area (Å²) >= 11 is 0. The molecular formula is C10H17F2N3. The molecule has 1 unspecified atom stereocenters. The molecule has 0 aliphatic rings. The highest BCUT2D eigenvalue weighted by atomic mass is 19.3. The SMILES string of the molecule is CC(C)(C)n1cc(CC(N)C(F)F)cn1. The van der Waals surface area contributed by atoms with Crippen molar-refractivity contribution in [3.8, 4) is 0 Å². The Morgan fingerprint density at radius 3 is 2.47 bits per heavy atom. The van der Waals surface area contributed by atoms with Crippen molar-refractivity contribution in [1.82, 2.24) is 9.78 Å². The average molecular weight is 217 g/mol. The molecule has 1 rings (SSSR count). The molecule has 0 saturated carbocycles. The van der Waals surface area contributed by atoms with E-state index in [1.807, 2.05) is 20.8 Å². The highest BCUT2D eigenvalue weighted by Gasteiger charge is 2.18. The Hall–Kier alpha value is -0.970. The zero-order valence-corrected chi connectivity index (χ0v) is 9.24. The molecule has 15 heavy (non-hydrogen) atoms. The molecule has 0 aromatic carbocycles. The van der Waals surface area contributed by atoms with Gasteiger partial charge in [-0.1, -0.05) is 0 Å². The Bertz CT molecular complexity index is 315. The van der Waals surface area contributed by atoms with Gasteiger partial charge in [-0.15, -0.1) is 0 Å². The van der Waals surface area contributed by atoms with Gasteiger partial charge in [-0.25, -0.2) is 8.78 Å². The Morgan fingerprint density at radius 2 is 2.07 bits per heavy atom. The third-order valence-electron chi connectivity index (χ3n) is 2.12. The molecule has 0 saturated heterocycles. The number of alkyl halides is 2. The van der Waals surface area contributed by atoms with Crippen LogP contribution in [0.5, 0.6) is 0 Å². The van der Waals surface area contributed by atoms with Crippen molar-refractivity contribution in [2.45, 2.75) is 45.2 Å². The maximum Gasteiger partial charge on any atom is 0.253 e. The van der Waals surface area contributed by atoms with Gasteiger partial charge >= 0.3 is 0 Å². The number of rotatable bonds is 3. The third-order valence-corrected chi connectivity index (χ3v) is 2.12. The fraction of sp³-hybridized carbons (Fsp3) is 0.700. The van der Waals surface area contributed by atoms with Gasteiger partial charge in [0.1, 0.15) is 0 Å². The number of hydrogen-bond acceptors (Lipinski definition) is 2. The van der Waals surface area contributed by atoms with Crippen LogP contribution in [0.3, 0.4) is 0 Å². The summed E-state index contributed by atoms with van der Waals surface area (Å²) in [4.78, 5) is 0. The summed E-state index contributed by atoms with van der Waals surface area (Å²) in [6.45, 7) is 5.99. The minimum absolute atomic E-state index is 0.132. The quantitative estimate of drug-likeness (QED) is 0.838. The van der Waals surface area contributed by atoms with E-state index in [1.165, 1.54) is 0 Å². The van der Waals surface area contributed by atoms with Crippen LogP contribution >= 0.6 is 0 Å². The van der Waals surface area contributed by atoms with E-state index in [0.717, 1.165) is 5.56 Å². The normalized spacial score (nSPS) is 14.6. The Balaban J connectivity index is 2.69. The average Bonchev–Trinajstić information content (AvgIpc) is 2.51. The van der Waals surface area contributed by atoms with E-state index in [1.54, 1.807) is 17.1 Å². The number of halogens is 2. The second-order valence-electron chi connectivity index (χ2n) is 4.67. The fourth-order valence-corrected chi connectivity index (χ4v) is 1.19. The van der Waals surface area contributed by atoms with Crippen molar-refractivity contribution in [3.63, 3.8) is 0 Å². The molecule has 2 N–H and O–H groups in total. The Kier molecular flexibility index (Phi) is 3.44. The number of hydrogen-bond donors (Lipinski definition) is 1. The van der Waals surface area contributed by atoms with Crippen molar-refractivity contribution < 1.29 is 8.78 Å². The molecule has 0 bridgehead atoms. The van der Waals surface area contributed by atoms with Gasteiger partial charge in [0.05, 0.1) is 17.8 Å². The fourth-order valence-electron chi connectivity index (χ4n) is 1.19. The summed E-state index contributed by atoms with van der Waals surface area (Å²) in [6, 6.07) is -1.11. The predicted molar refractivity (Wildman–Crippen MR) is 54.9 cm³/mol. The van der Waals surface area contributed by atoms with E-state index in [2.05, 4.69) is 5.10 Å². The van der Waals surface area contributed by atoms with Crippen LogP contribution < -0.4 is 5.73 Å². The minimum Gasteiger partial charge on any atom is -0.323 e. The first-order valence-corrected chi connectivity index (χ1v) is 4.88. The molecule has 5 heteroatoms. The lowest BCUT2D eigenvalue weighted by atomic mass is 10.1. The first-order valence-electron chi connectivity index (χ1n) is 4.88. The van der Waals surface area contributed by atoms with E-state index >= 15 is 0 Å². The van der Waals surface area contributed by atoms with Crippen molar-refractivity contribution in [3.05, 3.63) is 18.0 Å². The molecule has 0 amide bonds. The van der Waals surface area contributed by atoms with Crippen LogP contribution in [-0.4, -0.2) is 22.2 Å². The molecule has 1 atom stereocenters. The van der Waals surface area contributed by atoms with Crippen LogP contribution in [0, 0.1) is 0 Å². The molecule has 0 spiro atoms. The van der Waals surface area contributed by atoms with Crippen molar-refractivity contribution in [2.24, 2.45) is 5.73 Å². The molecule has 1 aromatic rings. The predicted octanol–water partition coefficient (Wildman–Crippen LogP) is 1.77. The van der Waals surface area contributed by atoms with Gasteiger partial charge in [-0.2, -0.15) is 5.10 Å². The minimum atomic E-state index is -2.48. The first-order chi connectivity index (χ1) is 6.80. The lowest BCUT2D eigenvalue weighted by molar-refractivity contribution is 0.116. The van der Waals surface area contributed by atoms with Gasteiger partial charge in [0, 0.05) is 6.20 Å². The van der Waals surface area contributed by atoms with Crippen LogP contribution in [0.25, 0.3) is 0 Å². The van der Waals surface area contributed by atoms with Crippen LogP contribution in [0.4, 0.5) is 8.78 Å². The van der Waals surface area contributed by atoms with E-state index < -0.39 is 12.5 Å². The molecule has 0 aliphatic heterocycles. The zero-order valence-electron chi connectivity index (χ0n) is 9.24. The molecule has 0 fully saturated rings. The second-order valence-corrected chi connectivity index (χ2v) is 4.67. The van der Waals surface area contributed by atoms with Gasteiger partial charge in [0.25, 0.3) is 6.43 Å². The molecule has 1 aromatic heterocycles. The number of nitrogens with two attached hydrogens (primary N) is 1. The van der Waals surface area contributed by atoms with Crippen LogP contribution in [0.1, 0.15) is 26.3 Å². The first kappa shape index (κ1) is 12.1. The van der Waals surface area contributed by atoms with Gasteiger partial charge in [-0.3, -0.25) is 4.68 Å². The van der Waals surface area contributed by atoms with Crippen molar-refractivity contribution >= 4 is 0 Å². The zero-order chi connectivity index (χ0) is 11.6. The van der Waals surface area contributed by atoms with Gasteiger partial charge < -0.3 is 5.73 Å². The maximum absolute atomic E-state index is 12.2. The van der Waals surface area contributed by atoms with Crippen molar-refractivity contribution in [2.75, 3.05) is 0 Å². The molecule has 86 valence electrons. The van der Waals surface area contributed by atoms with Crippen LogP contribution in [-0.2, 0) is 12.0 Å². The summed E-state index contributed by atoms with van der Waals surface area (Å²) in [6.07, 6.45) is 1.03. The van der Waals surface area contributed by atoms with Crippen LogP contribution in [0.15, 0.2) is 12.4 Å². The van der Waals surface area contributed by atoms with Crippen molar-refractivity contribution in [1.29, 1.82) is 0 Å². The topological polar surface area (TPSA) is 43.8 Å². The van der Waals surface area contributed by atoms with Gasteiger partial charge in [0.15, 0.2) is 0 Å².